The largest absolute Gasteiger partial charge is 0.0654 e. The number of hydrogen-bond acceptors (Lipinski definition) is 0. The van der Waals surface area contributed by atoms with Gasteiger partial charge in [0.1, 0.15) is 0 Å². The van der Waals surface area contributed by atoms with E-state index in [0.29, 0.717) is 0 Å². The standard InChI is InChI=1S/C13H20/c1-3-8-12(9-4-2)13-10-6-5-7-11-13/h5-7,10-12H,3-4,8-9H2,1-2H3. The Hall–Kier alpha value is -0.780. The Kier molecular flexibility index (Phi) is 4.59. The molecule has 0 spiro atoms. The maximum Gasteiger partial charge on any atom is -0.0162 e. The topological polar surface area (TPSA) is 0 Å². The van der Waals surface area contributed by atoms with Gasteiger partial charge in [-0.3, -0.25) is 0 Å². The van der Waals surface area contributed by atoms with E-state index in [2.05, 4.69) is 44.2 Å². The van der Waals surface area contributed by atoms with Gasteiger partial charge >= 0.3 is 0 Å². The summed E-state index contributed by atoms with van der Waals surface area (Å²) >= 11 is 0. The lowest BCUT2D eigenvalue weighted by Gasteiger charge is -2.15. The van der Waals surface area contributed by atoms with Crippen molar-refractivity contribution in [3.63, 3.8) is 0 Å². The van der Waals surface area contributed by atoms with Gasteiger partial charge in [-0.1, -0.05) is 57.0 Å². The molecule has 0 aliphatic heterocycles. The zero-order chi connectivity index (χ0) is 9.52. The highest BCUT2D eigenvalue weighted by Crippen LogP contribution is 2.25. The Bertz CT molecular complexity index is 207. The fourth-order valence-electron chi connectivity index (χ4n) is 1.90. The van der Waals surface area contributed by atoms with E-state index in [4.69, 9.17) is 0 Å². The summed E-state index contributed by atoms with van der Waals surface area (Å²) in [6.07, 6.45) is 5.24. The smallest absolute Gasteiger partial charge is 0.0162 e. The minimum absolute atomic E-state index is 0.788. The molecule has 1 aromatic rings. The molecule has 0 atom stereocenters. The summed E-state index contributed by atoms with van der Waals surface area (Å²) in [7, 11) is 0. The fourth-order valence-corrected chi connectivity index (χ4v) is 1.90. The van der Waals surface area contributed by atoms with Crippen LogP contribution >= 0.6 is 0 Å². The zero-order valence-electron chi connectivity index (χ0n) is 8.79. The summed E-state index contributed by atoms with van der Waals surface area (Å²) in [6, 6.07) is 10.9. The van der Waals surface area contributed by atoms with Crippen molar-refractivity contribution in [3.8, 4) is 0 Å². The van der Waals surface area contributed by atoms with E-state index in [1.165, 1.54) is 31.2 Å². The van der Waals surface area contributed by atoms with Crippen LogP contribution in [0.25, 0.3) is 0 Å². The van der Waals surface area contributed by atoms with Gasteiger partial charge in [0.2, 0.25) is 0 Å². The quantitative estimate of drug-likeness (QED) is 0.625. The molecule has 0 saturated carbocycles. The van der Waals surface area contributed by atoms with Crippen LogP contribution in [-0.4, -0.2) is 0 Å². The third-order valence-corrected chi connectivity index (χ3v) is 2.55. The lowest BCUT2D eigenvalue weighted by Crippen LogP contribution is -1.97. The van der Waals surface area contributed by atoms with Gasteiger partial charge in [-0.15, -0.1) is 0 Å². The van der Waals surface area contributed by atoms with E-state index in [1.54, 1.807) is 0 Å². The minimum Gasteiger partial charge on any atom is -0.0654 e. The predicted molar refractivity (Wildman–Crippen MR) is 59.0 cm³/mol. The molecular weight excluding hydrogens is 156 g/mol. The van der Waals surface area contributed by atoms with Crippen LogP contribution in [-0.2, 0) is 0 Å². The van der Waals surface area contributed by atoms with Crippen LogP contribution in [0.15, 0.2) is 30.3 Å². The summed E-state index contributed by atoms with van der Waals surface area (Å²) in [5.41, 5.74) is 1.52. The van der Waals surface area contributed by atoms with Crippen molar-refractivity contribution in [1.82, 2.24) is 0 Å². The Morgan fingerprint density at radius 3 is 1.92 bits per heavy atom. The van der Waals surface area contributed by atoms with E-state index in [1.807, 2.05) is 0 Å². The first kappa shape index (κ1) is 10.3. The van der Waals surface area contributed by atoms with Crippen molar-refractivity contribution >= 4 is 0 Å². The molecule has 0 fully saturated rings. The van der Waals surface area contributed by atoms with E-state index in [9.17, 15) is 0 Å². The van der Waals surface area contributed by atoms with E-state index in [-0.39, 0.29) is 0 Å². The minimum atomic E-state index is 0.788. The first-order chi connectivity index (χ1) is 6.38. The maximum absolute atomic E-state index is 2.27. The average molecular weight is 176 g/mol. The number of rotatable bonds is 5. The van der Waals surface area contributed by atoms with E-state index < -0.39 is 0 Å². The summed E-state index contributed by atoms with van der Waals surface area (Å²) in [6.45, 7) is 4.54. The summed E-state index contributed by atoms with van der Waals surface area (Å²) < 4.78 is 0. The molecule has 0 aliphatic rings. The Morgan fingerprint density at radius 2 is 1.46 bits per heavy atom. The third kappa shape index (κ3) is 3.22. The van der Waals surface area contributed by atoms with E-state index in [0.717, 1.165) is 5.92 Å². The van der Waals surface area contributed by atoms with Crippen molar-refractivity contribution in [2.24, 2.45) is 0 Å². The second-order valence-electron chi connectivity index (χ2n) is 3.68. The van der Waals surface area contributed by atoms with Crippen molar-refractivity contribution < 1.29 is 0 Å². The molecule has 0 aliphatic carbocycles. The highest BCUT2D eigenvalue weighted by Gasteiger charge is 2.07. The fraction of sp³-hybridized carbons (Fsp3) is 0.538. The van der Waals surface area contributed by atoms with Gasteiger partial charge < -0.3 is 0 Å². The summed E-state index contributed by atoms with van der Waals surface area (Å²) in [5.74, 6) is 0.788. The SMILES string of the molecule is CCCC(CCC)c1ccccc1. The van der Waals surface area contributed by atoms with Gasteiger partial charge in [-0.2, -0.15) is 0 Å². The highest BCUT2D eigenvalue weighted by atomic mass is 14.1. The second kappa shape index (κ2) is 5.80. The molecular formula is C13H20. The Balaban J connectivity index is 2.64. The molecule has 0 heteroatoms. The molecule has 0 bridgehead atoms. The van der Waals surface area contributed by atoms with Gasteiger partial charge in [-0.25, -0.2) is 0 Å². The monoisotopic (exact) mass is 176 g/mol. The van der Waals surface area contributed by atoms with Gasteiger partial charge in [0.15, 0.2) is 0 Å². The van der Waals surface area contributed by atoms with Gasteiger partial charge in [0.05, 0.1) is 0 Å². The van der Waals surface area contributed by atoms with Gasteiger partial charge in [0, 0.05) is 0 Å². The Labute approximate surface area is 82.0 Å². The maximum atomic E-state index is 2.27. The molecule has 0 saturated heterocycles. The van der Waals surface area contributed by atoms with Crippen molar-refractivity contribution in [1.29, 1.82) is 0 Å². The van der Waals surface area contributed by atoms with Crippen LogP contribution in [0.3, 0.4) is 0 Å². The molecule has 72 valence electrons. The Morgan fingerprint density at radius 1 is 0.923 bits per heavy atom. The van der Waals surface area contributed by atoms with Crippen LogP contribution in [0.2, 0.25) is 0 Å². The first-order valence-corrected chi connectivity index (χ1v) is 5.43. The molecule has 0 aromatic heterocycles. The molecule has 0 N–H and O–H groups in total. The third-order valence-electron chi connectivity index (χ3n) is 2.55. The highest BCUT2D eigenvalue weighted by molar-refractivity contribution is 5.19. The number of benzene rings is 1. The van der Waals surface area contributed by atoms with Crippen LogP contribution in [0.1, 0.15) is 51.0 Å². The molecule has 0 heterocycles. The van der Waals surface area contributed by atoms with Crippen molar-refractivity contribution in [2.75, 3.05) is 0 Å². The van der Waals surface area contributed by atoms with Crippen molar-refractivity contribution in [2.45, 2.75) is 45.4 Å². The number of hydrogen-bond donors (Lipinski definition) is 0. The lowest BCUT2D eigenvalue weighted by molar-refractivity contribution is 0.561. The van der Waals surface area contributed by atoms with Crippen LogP contribution in [0, 0.1) is 0 Å². The molecule has 13 heavy (non-hydrogen) atoms. The molecule has 1 aromatic carbocycles. The second-order valence-corrected chi connectivity index (χ2v) is 3.68. The molecule has 0 amide bonds. The average Bonchev–Trinajstić information content (AvgIpc) is 2.19. The van der Waals surface area contributed by atoms with E-state index >= 15 is 0 Å². The zero-order valence-corrected chi connectivity index (χ0v) is 8.79. The predicted octanol–water partition coefficient (Wildman–Crippen LogP) is 4.37. The van der Waals surface area contributed by atoms with Crippen molar-refractivity contribution in [3.05, 3.63) is 35.9 Å². The lowest BCUT2D eigenvalue weighted by atomic mass is 9.91. The first-order valence-electron chi connectivity index (χ1n) is 5.43. The van der Waals surface area contributed by atoms with Crippen LogP contribution < -0.4 is 0 Å². The van der Waals surface area contributed by atoms with Gasteiger partial charge in [0.25, 0.3) is 0 Å². The van der Waals surface area contributed by atoms with Crippen LogP contribution in [0.5, 0.6) is 0 Å². The summed E-state index contributed by atoms with van der Waals surface area (Å²) in [4.78, 5) is 0. The summed E-state index contributed by atoms with van der Waals surface area (Å²) in [5, 5.41) is 0. The molecule has 0 unspecified atom stereocenters. The van der Waals surface area contributed by atoms with Crippen LogP contribution in [0.4, 0.5) is 0 Å². The molecule has 1 rings (SSSR count). The molecule has 0 nitrogen and oxygen atoms in total. The molecule has 0 radical (unpaired) electrons. The van der Waals surface area contributed by atoms with Gasteiger partial charge in [-0.05, 0) is 24.3 Å². The normalized spacial score (nSPS) is 10.7.